The van der Waals surface area contributed by atoms with Crippen LogP contribution in [0.5, 0.6) is 0 Å². The maximum atomic E-state index is 12.0. The molecule has 0 saturated heterocycles. The molecule has 1 aromatic carbocycles. The Bertz CT molecular complexity index is 527. The van der Waals surface area contributed by atoms with Crippen molar-refractivity contribution in [1.29, 1.82) is 0 Å². The molecule has 0 radical (unpaired) electrons. The van der Waals surface area contributed by atoms with Crippen LogP contribution in [0.15, 0.2) is 18.2 Å². The van der Waals surface area contributed by atoms with Gasteiger partial charge >= 0.3 is 5.69 Å². The van der Waals surface area contributed by atoms with Crippen LogP contribution in [0.1, 0.15) is 36.5 Å². The van der Waals surface area contributed by atoms with Gasteiger partial charge in [0.2, 0.25) is 0 Å². The van der Waals surface area contributed by atoms with Gasteiger partial charge < -0.3 is 5.32 Å². The molecule has 0 bridgehead atoms. The summed E-state index contributed by atoms with van der Waals surface area (Å²) in [5.41, 5.74) is -0.191. The number of rotatable bonds is 4. The molecule has 0 atom stereocenters. The van der Waals surface area contributed by atoms with Gasteiger partial charge in [0.1, 0.15) is 10.6 Å². The first-order valence-electron chi connectivity index (χ1n) is 6.14. The lowest BCUT2D eigenvalue weighted by atomic mass is 9.70. The van der Waals surface area contributed by atoms with Gasteiger partial charge in [0, 0.05) is 6.54 Å². The van der Waals surface area contributed by atoms with Gasteiger partial charge in [-0.3, -0.25) is 14.9 Å². The number of nitrogens with zero attached hydrogens (tertiary/aromatic N) is 1. The first-order chi connectivity index (χ1) is 8.93. The number of carbonyl (C=O) groups excluding carboxylic acids is 1. The van der Waals surface area contributed by atoms with Crippen molar-refractivity contribution in [3.8, 4) is 0 Å². The lowest BCUT2D eigenvalue weighted by Gasteiger charge is -2.38. The van der Waals surface area contributed by atoms with Crippen molar-refractivity contribution in [2.45, 2.75) is 26.2 Å². The molecule has 0 heterocycles. The fourth-order valence-corrected chi connectivity index (χ4v) is 2.47. The largest absolute Gasteiger partial charge is 0.351 e. The predicted molar refractivity (Wildman–Crippen MR) is 72.4 cm³/mol. The molecule has 1 fully saturated rings. The molecule has 5 nitrogen and oxygen atoms in total. The summed E-state index contributed by atoms with van der Waals surface area (Å²) < 4.78 is 0. The molecule has 102 valence electrons. The Morgan fingerprint density at radius 3 is 2.74 bits per heavy atom. The number of halogens is 1. The van der Waals surface area contributed by atoms with E-state index in [1.54, 1.807) is 0 Å². The second kappa shape index (κ2) is 5.17. The molecule has 0 aromatic heterocycles. The fourth-order valence-electron chi connectivity index (χ4n) is 2.23. The summed E-state index contributed by atoms with van der Waals surface area (Å²) in [6.07, 6.45) is 3.32. The van der Waals surface area contributed by atoms with Gasteiger partial charge in [0.25, 0.3) is 5.91 Å². The summed E-state index contributed by atoms with van der Waals surface area (Å²) in [6.45, 7) is 2.64. The number of hydrogen-bond donors (Lipinski definition) is 1. The maximum absolute atomic E-state index is 12.0. The third-order valence-corrected chi connectivity index (χ3v) is 3.96. The Kier molecular flexibility index (Phi) is 3.75. The van der Waals surface area contributed by atoms with Gasteiger partial charge in [-0.25, -0.2) is 0 Å². The quantitative estimate of drug-likeness (QED) is 0.681. The molecular weight excluding hydrogens is 268 g/mol. The second-order valence-corrected chi connectivity index (χ2v) is 5.65. The molecular formula is C13H15ClN2O3. The van der Waals surface area contributed by atoms with E-state index in [1.807, 2.05) is 0 Å². The van der Waals surface area contributed by atoms with Crippen LogP contribution in [-0.2, 0) is 0 Å². The zero-order valence-electron chi connectivity index (χ0n) is 10.6. The van der Waals surface area contributed by atoms with E-state index in [0.717, 1.165) is 12.8 Å². The Hall–Kier alpha value is -1.62. The lowest BCUT2D eigenvalue weighted by molar-refractivity contribution is -0.385. The number of hydrogen-bond acceptors (Lipinski definition) is 3. The van der Waals surface area contributed by atoms with Crippen molar-refractivity contribution in [3.05, 3.63) is 38.9 Å². The van der Waals surface area contributed by atoms with Crippen LogP contribution in [0.25, 0.3) is 0 Å². The third-order valence-electron chi connectivity index (χ3n) is 3.65. The van der Waals surface area contributed by atoms with E-state index >= 15 is 0 Å². The number of amides is 1. The Balaban J connectivity index is 2.14. The monoisotopic (exact) mass is 282 g/mol. The Labute approximate surface area is 116 Å². The van der Waals surface area contributed by atoms with Gasteiger partial charge in [-0.2, -0.15) is 0 Å². The molecule has 0 aliphatic heterocycles. The van der Waals surface area contributed by atoms with E-state index in [2.05, 4.69) is 12.2 Å². The topological polar surface area (TPSA) is 72.2 Å². The van der Waals surface area contributed by atoms with Crippen LogP contribution in [-0.4, -0.2) is 17.4 Å². The summed E-state index contributed by atoms with van der Waals surface area (Å²) >= 11 is 5.78. The summed E-state index contributed by atoms with van der Waals surface area (Å²) in [7, 11) is 0. The van der Waals surface area contributed by atoms with E-state index in [0.29, 0.717) is 6.54 Å². The fraction of sp³-hybridized carbons (Fsp3) is 0.462. The minimum Gasteiger partial charge on any atom is -0.351 e. The summed E-state index contributed by atoms with van der Waals surface area (Å²) in [5.74, 6) is -0.442. The second-order valence-electron chi connectivity index (χ2n) is 5.24. The first kappa shape index (κ1) is 13.8. The van der Waals surface area contributed by atoms with Gasteiger partial charge in [-0.15, -0.1) is 0 Å². The molecule has 1 aliphatic carbocycles. The predicted octanol–water partition coefficient (Wildman–Crippen LogP) is 3.17. The standard InChI is InChI=1S/C13H15ClN2O3/c1-13(6-3-7-13)8-15-12(17)9-4-2-5-10(14)11(9)16(18)19/h2,4-5H,3,6-8H2,1H3,(H,15,17). The number of nitrogens with one attached hydrogen (secondary N) is 1. The minimum absolute atomic E-state index is 0.0143. The first-order valence-corrected chi connectivity index (χ1v) is 6.52. The molecule has 1 aromatic rings. The van der Waals surface area contributed by atoms with Crippen LogP contribution in [0.2, 0.25) is 5.02 Å². The van der Waals surface area contributed by atoms with E-state index in [4.69, 9.17) is 11.6 Å². The summed E-state index contributed by atoms with van der Waals surface area (Å²) in [4.78, 5) is 22.4. The van der Waals surface area contributed by atoms with Gasteiger partial charge in [0.05, 0.1) is 4.92 Å². The van der Waals surface area contributed by atoms with Crippen molar-refractivity contribution in [2.24, 2.45) is 5.41 Å². The van der Waals surface area contributed by atoms with E-state index in [1.165, 1.54) is 24.6 Å². The average molecular weight is 283 g/mol. The molecule has 6 heteroatoms. The highest BCUT2D eigenvalue weighted by molar-refractivity contribution is 6.33. The molecule has 1 N–H and O–H groups in total. The van der Waals surface area contributed by atoms with Crippen LogP contribution >= 0.6 is 11.6 Å². The molecule has 2 rings (SSSR count). The van der Waals surface area contributed by atoms with E-state index < -0.39 is 10.8 Å². The number of para-hydroxylation sites is 1. The molecule has 0 spiro atoms. The number of nitro benzene ring substituents is 1. The number of nitro groups is 1. The normalized spacial score (nSPS) is 16.5. The van der Waals surface area contributed by atoms with Gasteiger partial charge in [-0.1, -0.05) is 31.0 Å². The highest BCUT2D eigenvalue weighted by Gasteiger charge is 2.32. The summed E-state index contributed by atoms with van der Waals surface area (Å²) in [6, 6.07) is 4.36. The highest BCUT2D eigenvalue weighted by atomic mass is 35.5. The van der Waals surface area contributed by atoms with Crippen LogP contribution in [0.4, 0.5) is 5.69 Å². The molecule has 19 heavy (non-hydrogen) atoms. The molecule has 0 unspecified atom stereocenters. The Morgan fingerprint density at radius 2 is 2.21 bits per heavy atom. The zero-order valence-corrected chi connectivity index (χ0v) is 11.4. The maximum Gasteiger partial charge on any atom is 0.300 e. The third kappa shape index (κ3) is 2.87. The van der Waals surface area contributed by atoms with Gasteiger partial charge in [0.15, 0.2) is 0 Å². The Morgan fingerprint density at radius 1 is 1.53 bits per heavy atom. The van der Waals surface area contributed by atoms with Crippen LogP contribution in [0.3, 0.4) is 0 Å². The van der Waals surface area contributed by atoms with E-state index in [9.17, 15) is 14.9 Å². The number of benzene rings is 1. The van der Waals surface area contributed by atoms with Crippen molar-refractivity contribution in [3.63, 3.8) is 0 Å². The smallest absolute Gasteiger partial charge is 0.300 e. The molecule has 1 amide bonds. The van der Waals surface area contributed by atoms with Gasteiger partial charge in [-0.05, 0) is 30.4 Å². The van der Waals surface area contributed by atoms with Crippen LogP contribution < -0.4 is 5.32 Å². The van der Waals surface area contributed by atoms with Crippen molar-refractivity contribution >= 4 is 23.2 Å². The van der Waals surface area contributed by atoms with Crippen molar-refractivity contribution in [1.82, 2.24) is 5.32 Å². The average Bonchev–Trinajstić information content (AvgIpc) is 2.32. The van der Waals surface area contributed by atoms with E-state index in [-0.39, 0.29) is 21.7 Å². The minimum atomic E-state index is -0.623. The van der Waals surface area contributed by atoms with Crippen LogP contribution in [0, 0.1) is 15.5 Å². The summed E-state index contributed by atoms with van der Waals surface area (Å²) in [5, 5.41) is 13.7. The van der Waals surface area contributed by atoms with Crippen molar-refractivity contribution < 1.29 is 9.72 Å². The highest BCUT2D eigenvalue weighted by Crippen LogP contribution is 2.39. The number of carbonyl (C=O) groups is 1. The lowest BCUT2D eigenvalue weighted by Crippen LogP contribution is -2.40. The molecule has 1 aliphatic rings. The molecule has 1 saturated carbocycles. The zero-order chi connectivity index (χ0) is 14.0. The van der Waals surface area contributed by atoms with Crippen molar-refractivity contribution in [2.75, 3.05) is 6.54 Å². The SMILES string of the molecule is CC1(CNC(=O)c2cccc(Cl)c2[N+](=O)[O-])CCC1.